The fraction of sp³-hybridized carbons (Fsp3) is 0.733. The molecule has 4 nitrogen and oxygen atoms in total. The number of alkyl halides is 3. The zero-order valence-corrected chi connectivity index (χ0v) is 12.4. The molecule has 0 radical (unpaired) electrons. The predicted molar refractivity (Wildman–Crippen MR) is 75.1 cm³/mol. The quantitative estimate of drug-likeness (QED) is 0.707. The molecule has 0 aromatic rings. The summed E-state index contributed by atoms with van der Waals surface area (Å²) in [5, 5.41) is 11.4. The minimum atomic E-state index is -4.16. The summed E-state index contributed by atoms with van der Waals surface area (Å²) >= 11 is 0. The second-order valence-corrected chi connectivity index (χ2v) is 5.79. The monoisotopic (exact) mass is 321 g/mol. The second-order valence-electron chi connectivity index (χ2n) is 5.79. The number of allylic oxidation sites excluding steroid dienone is 1. The molecule has 1 fully saturated rings. The van der Waals surface area contributed by atoms with Crippen LogP contribution in [0.5, 0.6) is 0 Å². The molecule has 0 aromatic carbocycles. The number of nitrogens with one attached hydrogen (secondary N) is 1. The van der Waals surface area contributed by atoms with E-state index in [9.17, 15) is 22.8 Å². The Hall–Kier alpha value is -1.53. The van der Waals surface area contributed by atoms with Gasteiger partial charge in [-0.1, -0.05) is 6.08 Å². The van der Waals surface area contributed by atoms with Gasteiger partial charge in [0.25, 0.3) is 0 Å². The molecule has 1 saturated carbocycles. The van der Waals surface area contributed by atoms with Crippen molar-refractivity contribution >= 4 is 11.9 Å². The smallest absolute Gasteiger partial charge is 0.391 e. The summed E-state index contributed by atoms with van der Waals surface area (Å²) < 4.78 is 37.7. The topological polar surface area (TPSA) is 66.4 Å². The predicted octanol–water partition coefficient (Wildman–Crippen LogP) is 3.28. The molecule has 7 heteroatoms. The van der Waals surface area contributed by atoms with E-state index >= 15 is 0 Å². The van der Waals surface area contributed by atoms with Gasteiger partial charge in [-0.2, -0.15) is 13.2 Å². The van der Waals surface area contributed by atoms with Gasteiger partial charge in [0, 0.05) is 6.42 Å². The van der Waals surface area contributed by atoms with Crippen molar-refractivity contribution in [1.29, 1.82) is 0 Å². The minimum absolute atomic E-state index is 0.0419. The maximum Gasteiger partial charge on any atom is 0.391 e. The first-order valence-electron chi connectivity index (χ1n) is 7.43. The minimum Gasteiger partial charge on any atom is -0.480 e. The highest BCUT2D eigenvalue weighted by atomic mass is 19.4. The van der Waals surface area contributed by atoms with Crippen molar-refractivity contribution in [2.45, 2.75) is 57.2 Å². The molecule has 0 spiro atoms. The third-order valence-corrected chi connectivity index (χ3v) is 4.08. The summed E-state index contributed by atoms with van der Waals surface area (Å²) in [6.07, 6.45) is -1.00. The van der Waals surface area contributed by atoms with E-state index in [2.05, 4.69) is 11.9 Å². The molecule has 0 heterocycles. The van der Waals surface area contributed by atoms with Gasteiger partial charge in [0.2, 0.25) is 5.91 Å². The zero-order valence-electron chi connectivity index (χ0n) is 12.4. The van der Waals surface area contributed by atoms with Crippen LogP contribution in [0.4, 0.5) is 13.2 Å². The number of halogens is 3. The van der Waals surface area contributed by atoms with Crippen LogP contribution in [0.2, 0.25) is 0 Å². The fourth-order valence-electron chi connectivity index (χ4n) is 2.75. The lowest BCUT2D eigenvalue weighted by molar-refractivity contribution is -0.184. The third kappa shape index (κ3) is 6.07. The molecule has 0 aromatic heterocycles. The Morgan fingerprint density at radius 1 is 1.27 bits per heavy atom. The Balaban J connectivity index is 2.39. The summed E-state index contributed by atoms with van der Waals surface area (Å²) in [6.45, 7) is 3.49. The number of carboxylic acid groups (broad SMARTS) is 1. The van der Waals surface area contributed by atoms with Crippen LogP contribution in [0.1, 0.15) is 44.9 Å². The van der Waals surface area contributed by atoms with E-state index in [1.165, 1.54) is 0 Å². The van der Waals surface area contributed by atoms with Crippen molar-refractivity contribution in [3.05, 3.63) is 12.7 Å². The van der Waals surface area contributed by atoms with Crippen LogP contribution < -0.4 is 5.32 Å². The van der Waals surface area contributed by atoms with Gasteiger partial charge < -0.3 is 10.4 Å². The second kappa shape index (κ2) is 8.19. The van der Waals surface area contributed by atoms with Gasteiger partial charge >= 0.3 is 12.1 Å². The van der Waals surface area contributed by atoms with E-state index in [1.807, 2.05) is 0 Å². The Morgan fingerprint density at radius 2 is 1.86 bits per heavy atom. The molecule has 22 heavy (non-hydrogen) atoms. The van der Waals surface area contributed by atoms with Crippen LogP contribution in [0, 0.1) is 11.8 Å². The molecule has 1 unspecified atom stereocenters. The van der Waals surface area contributed by atoms with Crippen molar-refractivity contribution in [2.75, 3.05) is 0 Å². The lowest BCUT2D eigenvalue weighted by Crippen LogP contribution is -2.41. The van der Waals surface area contributed by atoms with Crippen molar-refractivity contribution in [3.8, 4) is 0 Å². The number of carbonyl (C=O) groups excluding carboxylic acids is 1. The first kappa shape index (κ1) is 18.5. The lowest BCUT2D eigenvalue weighted by Gasteiger charge is -2.29. The molecule has 2 N–H and O–H groups in total. The summed E-state index contributed by atoms with van der Waals surface area (Å²) in [7, 11) is 0. The Labute approximate surface area is 127 Å². The fourth-order valence-corrected chi connectivity index (χ4v) is 2.75. The average molecular weight is 321 g/mol. The lowest BCUT2D eigenvalue weighted by atomic mass is 9.80. The molecule has 1 aliphatic rings. The largest absolute Gasteiger partial charge is 0.480 e. The number of hydrogen-bond acceptors (Lipinski definition) is 2. The standard InChI is InChI=1S/C15H22F3NO3/c1-2-3-4-12(14(21)22)19-13(20)9-10-5-7-11(8-6-10)15(16,17)18/h2,10-12H,1,3-9H2,(H,19,20)(H,21,22). The highest BCUT2D eigenvalue weighted by Gasteiger charge is 2.41. The van der Waals surface area contributed by atoms with Gasteiger partial charge in [-0.15, -0.1) is 6.58 Å². The normalized spacial score (nSPS) is 23.6. The molecule has 1 amide bonds. The summed E-state index contributed by atoms with van der Waals surface area (Å²) in [5.74, 6) is -2.90. The molecule has 1 atom stereocenters. The van der Waals surface area contributed by atoms with Gasteiger partial charge in [0.15, 0.2) is 0 Å². The van der Waals surface area contributed by atoms with Gasteiger partial charge in [0.1, 0.15) is 6.04 Å². The number of carboxylic acids is 1. The number of aliphatic carboxylic acids is 1. The summed E-state index contributed by atoms with van der Waals surface area (Å²) in [6, 6.07) is -0.975. The number of amides is 1. The number of rotatable bonds is 7. The summed E-state index contributed by atoms with van der Waals surface area (Å²) in [5.41, 5.74) is 0. The Morgan fingerprint density at radius 3 is 2.32 bits per heavy atom. The van der Waals surface area contributed by atoms with Crippen LogP contribution in [0.15, 0.2) is 12.7 Å². The Bertz CT molecular complexity index is 401. The van der Waals surface area contributed by atoms with E-state index in [0.29, 0.717) is 19.3 Å². The van der Waals surface area contributed by atoms with E-state index < -0.39 is 30.0 Å². The van der Waals surface area contributed by atoms with Gasteiger partial charge in [-0.25, -0.2) is 4.79 Å². The SMILES string of the molecule is C=CCCC(NC(=O)CC1CCC(C(F)(F)F)CC1)C(=O)O. The van der Waals surface area contributed by atoms with Crippen LogP contribution in [0.25, 0.3) is 0 Å². The number of hydrogen-bond donors (Lipinski definition) is 2. The van der Waals surface area contributed by atoms with E-state index in [4.69, 9.17) is 5.11 Å². The molecule has 0 aliphatic heterocycles. The highest BCUT2D eigenvalue weighted by molar-refractivity contribution is 5.83. The zero-order chi connectivity index (χ0) is 16.8. The van der Waals surface area contributed by atoms with E-state index in [0.717, 1.165) is 0 Å². The first-order chi connectivity index (χ1) is 10.2. The molecule has 126 valence electrons. The van der Waals surface area contributed by atoms with Gasteiger partial charge in [-0.05, 0) is 44.4 Å². The van der Waals surface area contributed by atoms with Gasteiger partial charge in [0.05, 0.1) is 5.92 Å². The molecule has 0 bridgehead atoms. The molecule has 0 saturated heterocycles. The van der Waals surface area contributed by atoms with Crippen molar-refractivity contribution in [2.24, 2.45) is 11.8 Å². The van der Waals surface area contributed by atoms with Crippen LogP contribution in [-0.2, 0) is 9.59 Å². The first-order valence-corrected chi connectivity index (χ1v) is 7.43. The molecular formula is C15H22F3NO3. The maximum atomic E-state index is 12.6. The Kier molecular flexibility index (Phi) is 6.90. The van der Waals surface area contributed by atoms with E-state index in [1.54, 1.807) is 6.08 Å². The average Bonchev–Trinajstić information content (AvgIpc) is 2.42. The van der Waals surface area contributed by atoms with Crippen molar-refractivity contribution < 1.29 is 27.9 Å². The third-order valence-electron chi connectivity index (χ3n) is 4.08. The highest BCUT2D eigenvalue weighted by Crippen LogP contribution is 2.40. The van der Waals surface area contributed by atoms with Crippen LogP contribution in [-0.4, -0.2) is 29.2 Å². The van der Waals surface area contributed by atoms with Crippen LogP contribution >= 0.6 is 0 Å². The van der Waals surface area contributed by atoms with Gasteiger partial charge in [-0.3, -0.25) is 4.79 Å². The summed E-state index contributed by atoms with van der Waals surface area (Å²) in [4.78, 5) is 22.9. The van der Waals surface area contributed by atoms with Crippen molar-refractivity contribution in [1.82, 2.24) is 5.32 Å². The molecule has 1 aliphatic carbocycles. The molecular weight excluding hydrogens is 299 g/mol. The van der Waals surface area contributed by atoms with Crippen molar-refractivity contribution in [3.63, 3.8) is 0 Å². The maximum absolute atomic E-state index is 12.6. The molecule has 1 rings (SSSR count). The number of carbonyl (C=O) groups is 2. The van der Waals surface area contributed by atoms with Crippen LogP contribution in [0.3, 0.4) is 0 Å². The van der Waals surface area contributed by atoms with E-state index in [-0.39, 0.29) is 31.6 Å².